The monoisotopic (exact) mass is 288 g/mol. The van der Waals surface area contributed by atoms with E-state index < -0.39 is 0 Å². The lowest BCUT2D eigenvalue weighted by Gasteiger charge is -2.02. The van der Waals surface area contributed by atoms with E-state index in [1.54, 1.807) is 0 Å². The predicted molar refractivity (Wildman–Crippen MR) is 82.9 cm³/mol. The molecule has 0 spiro atoms. The van der Waals surface area contributed by atoms with Gasteiger partial charge in [-0.2, -0.15) is 0 Å². The summed E-state index contributed by atoms with van der Waals surface area (Å²) in [5, 5.41) is 7.31. The molecule has 21 heavy (non-hydrogen) atoms. The summed E-state index contributed by atoms with van der Waals surface area (Å²) in [6.07, 6.45) is 3.18. The zero-order valence-corrected chi connectivity index (χ0v) is 12.7. The normalized spacial score (nSPS) is 10.9. The molecule has 0 saturated heterocycles. The third kappa shape index (κ3) is 6.10. The van der Waals surface area contributed by atoms with E-state index in [1.165, 1.54) is 5.56 Å². The fraction of sp³-hybridized carbons (Fsp3) is 0.471. The van der Waals surface area contributed by atoms with Crippen LogP contribution in [-0.4, -0.2) is 18.3 Å². The van der Waals surface area contributed by atoms with Gasteiger partial charge in [-0.3, -0.25) is 0 Å². The molecule has 4 heteroatoms. The third-order valence-electron chi connectivity index (χ3n) is 3.18. The van der Waals surface area contributed by atoms with E-state index in [-0.39, 0.29) is 0 Å². The van der Waals surface area contributed by atoms with Gasteiger partial charge in [0.15, 0.2) is 5.76 Å². The van der Waals surface area contributed by atoms with Gasteiger partial charge in [-0.15, -0.1) is 0 Å². The molecule has 1 N–H and O–H groups in total. The Labute approximate surface area is 126 Å². The first-order chi connectivity index (χ1) is 10.4. The Bertz CT molecular complexity index is 497. The van der Waals surface area contributed by atoms with Crippen molar-refractivity contribution < 1.29 is 9.26 Å². The molecular weight excluding hydrogens is 264 g/mol. The van der Waals surface area contributed by atoms with Crippen molar-refractivity contribution in [1.29, 1.82) is 0 Å². The molecule has 0 aliphatic rings. The molecule has 0 bridgehead atoms. The van der Waals surface area contributed by atoms with Crippen LogP contribution in [0.4, 0.5) is 0 Å². The summed E-state index contributed by atoms with van der Waals surface area (Å²) >= 11 is 0. The van der Waals surface area contributed by atoms with Gasteiger partial charge in [-0.1, -0.05) is 42.4 Å². The molecule has 0 atom stereocenters. The Balaban J connectivity index is 1.58. The smallest absolute Gasteiger partial charge is 0.162 e. The van der Waals surface area contributed by atoms with Crippen LogP contribution in [0.3, 0.4) is 0 Å². The Kier molecular flexibility index (Phi) is 6.98. The summed E-state index contributed by atoms with van der Waals surface area (Å²) in [4.78, 5) is 0. The lowest BCUT2D eigenvalue weighted by atomic mass is 10.1. The van der Waals surface area contributed by atoms with E-state index in [0.29, 0.717) is 6.61 Å². The Morgan fingerprint density at radius 3 is 2.90 bits per heavy atom. The summed E-state index contributed by atoms with van der Waals surface area (Å²) in [6.45, 7) is 5.13. The van der Waals surface area contributed by atoms with Crippen LogP contribution >= 0.6 is 0 Å². The Morgan fingerprint density at radius 1 is 1.24 bits per heavy atom. The van der Waals surface area contributed by atoms with Crippen LogP contribution in [0.25, 0.3) is 0 Å². The van der Waals surface area contributed by atoms with Crippen LogP contribution in [0.2, 0.25) is 0 Å². The van der Waals surface area contributed by atoms with E-state index >= 15 is 0 Å². The number of nitrogens with one attached hydrogen (secondary N) is 1. The number of aromatic nitrogens is 1. The first-order valence-corrected chi connectivity index (χ1v) is 7.65. The van der Waals surface area contributed by atoms with Crippen molar-refractivity contribution in [3.63, 3.8) is 0 Å². The molecule has 0 aliphatic heterocycles. The van der Waals surface area contributed by atoms with Crippen molar-refractivity contribution in [3.8, 4) is 0 Å². The number of aryl methyl sites for hydroxylation is 1. The average Bonchev–Trinajstić information content (AvgIpc) is 2.96. The van der Waals surface area contributed by atoms with E-state index in [9.17, 15) is 0 Å². The highest BCUT2D eigenvalue weighted by Gasteiger charge is 2.03. The van der Waals surface area contributed by atoms with Crippen LogP contribution in [0.5, 0.6) is 0 Å². The van der Waals surface area contributed by atoms with Crippen LogP contribution in [0.1, 0.15) is 36.8 Å². The molecule has 0 aliphatic carbocycles. The SMILES string of the molecule is CCCNCc1cc(COCCCc2ccccc2)on1. The Morgan fingerprint density at radius 2 is 2.10 bits per heavy atom. The molecule has 0 saturated carbocycles. The van der Waals surface area contributed by atoms with Crippen LogP contribution in [0.15, 0.2) is 40.9 Å². The zero-order valence-electron chi connectivity index (χ0n) is 12.7. The van der Waals surface area contributed by atoms with Crippen LogP contribution in [0, 0.1) is 0 Å². The maximum absolute atomic E-state index is 5.63. The van der Waals surface area contributed by atoms with Gasteiger partial charge >= 0.3 is 0 Å². The van der Waals surface area contributed by atoms with Crippen molar-refractivity contribution in [3.05, 3.63) is 53.4 Å². The molecule has 2 rings (SSSR count). The Hall–Kier alpha value is -1.65. The van der Waals surface area contributed by atoms with Crippen molar-refractivity contribution in [2.24, 2.45) is 0 Å². The quantitative estimate of drug-likeness (QED) is 0.681. The average molecular weight is 288 g/mol. The molecule has 0 fully saturated rings. The molecule has 114 valence electrons. The molecule has 2 aromatic rings. The number of nitrogens with zero attached hydrogens (tertiary/aromatic N) is 1. The van der Waals surface area contributed by atoms with Gasteiger partial charge in [0.25, 0.3) is 0 Å². The van der Waals surface area contributed by atoms with E-state index in [2.05, 4.69) is 41.7 Å². The molecule has 1 aromatic heterocycles. The van der Waals surface area contributed by atoms with Crippen molar-refractivity contribution >= 4 is 0 Å². The van der Waals surface area contributed by atoms with Gasteiger partial charge in [0.05, 0.1) is 5.69 Å². The predicted octanol–water partition coefficient (Wildman–Crippen LogP) is 3.32. The van der Waals surface area contributed by atoms with Gasteiger partial charge in [0.1, 0.15) is 6.61 Å². The second-order valence-electron chi connectivity index (χ2n) is 5.10. The van der Waals surface area contributed by atoms with Crippen LogP contribution in [-0.2, 0) is 24.3 Å². The first-order valence-electron chi connectivity index (χ1n) is 7.65. The summed E-state index contributed by atoms with van der Waals surface area (Å²) in [7, 11) is 0. The minimum Gasteiger partial charge on any atom is -0.373 e. The van der Waals surface area contributed by atoms with Crippen molar-refractivity contribution in [2.75, 3.05) is 13.2 Å². The van der Waals surface area contributed by atoms with Gasteiger partial charge in [0.2, 0.25) is 0 Å². The molecule has 1 aromatic carbocycles. The third-order valence-corrected chi connectivity index (χ3v) is 3.18. The van der Waals surface area contributed by atoms with Crippen molar-refractivity contribution in [1.82, 2.24) is 10.5 Å². The number of hydrogen-bond acceptors (Lipinski definition) is 4. The zero-order chi connectivity index (χ0) is 14.8. The lowest BCUT2D eigenvalue weighted by Crippen LogP contribution is -2.13. The minimum atomic E-state index is 0.496. The standard InChI is InChI=1S/C17H24N2O2/c1-2-10-18-13-16-12-17(21-19-16)14-20-11-6-9-15-7-4-3-5-8-15/h3-5,7-8,12,18H,2,6,9-11,13-14H2,1H3. The minimum absolute atomic E-state index is 0.496. The van der Waals surface area contributed by atoms with E-state index in [4.69, 9.17) is 9.26 Å². The summed E-state index contributed by atoms with van der Waals surface area (Å²) in [6, 6.07) is 12.4. The topological polar surface area (TPSA) is 47.3 Å². The second-order valence-corrected chi connectivity index (χ2v) is 5.10. The molecule has 0 unspecified atom stereocenters. The highest BCUT2D eigenvalue weighted by atomic mass is 16.5. The molecule has 1 heterocycles. The number of hydrogen-bond donors (Lipinski definition) is 1. The van der Waals surface area contributed by atoms with Crippen molar-refractivity contribution in [2.45, 2.75) is 39.3 Å². The maximum atomic E-state index is 5.63. The number of rotatable bonds is 10. The van der Waals surface area contributed by atoms with Gasteiger partial charge in [-0.25, -0.2) is 0 Å². The molecule has 4 nitrogen and oxygen atoms in total. The van der Waals surface area contributed by atoms with Gasteiger partial charge < -0.3 is 14.6 Å². The highest BCUT2D eigenvalue weighted by molar-refractivity contribution is 5.14. The summed E-state index contributed by atoms with van der Waals surface area (Å²) < 4.78 is 10.9. The molecular formula is C17H24N2O2. The summed E-state index contributed by atoms with van der Waals surface area (Å²) in [5.74, 6) is 0.794. The van der Waals surface area contributed by atoms with E-state index in [1.807, 2.05) is 12.1 Å². The summed E-state index contributed by atoms with van der Waals surface area (Å²) in [5.41, 5.74) is 2.29. The van der Waals surface area contributed by atoms with Gasteiger partial charge in [0, 0.05) is 19.2 Å². The first kappa shape index (κ1) is 15.7. The molecule has 0 radical (unpaired) electrons. The lowest BCUT2D eigenvalue weighted by molar-refractivity contribution is 0.0992. The highest BCUT2D eigenvalue weighted by Crippen LogP contribution is 2.07. The number of benzene rings is 1. The van der Waals surface area contributed by atoms with Crippen LogP contribution < -0.4 is 5.32 Å². The fourth-order valence-electron chi connectivity index (χ4n) is 2.10. The maximum Gasteiger partial charge on any atom is 0.162 e. The molecule has 0 amide bonds. The second kappa shape index (κ2) is 9.32. The number of ether oxygens (including phenoxy) is 1. The fourth-order valence-corrected chi connectivity index (χ4v) is 2.10. The van der Waals surface area contributed by atoms with E-state index in [0.717, 1.165) is 50.4 Å². The van der Waals surface area contributed by atoms with Gasteiger partial charge in [-0.05, 0) is 31.4 Å². The largest absolute Gasteiger partial charge is 0.373 e.